The predicted molar refractivity (Wildman–Crippen MR) is 108 cm³/mol. The van der Waals surface area contributed by atoms with E-state index in [0.29, 0.717) is 17.3 Å². The normalized spacial score (nSPS) is 18.9. The molecule has 2 aromatic carbocycles. The first-order valence-electron chi connectivity index (χ1n) is 8.77. The average molecular weight is 397 g/mol. The molecule has 0 radical (unpaired) electrons. The van der Waals surface area contributed by atoms with Crippen molar-refractivity contribution in [2.75, 3.05) is 12.5 Å². The number of carbonyl (C=O) groups excluding carboxylic acids is 1. The molecule has 2 heterocycles. The van der Waals surface area contributed by atoms with Gasteiger partial charge in [0.25, 0.3) is 11.5 Å². The molecule has 2 unspecified atom stereocenters. The Balaban J connectivity index is 1.53. The third-order valence-electron chi connectivity index (χ3n) is 4.74. The summed E-state index contributed by atoms with van der Waals surface area (Å²) in [6.45, 7) is 0. The van der Waals surface area contributed by atoms with Crippen molar-refractivity contribution in [1.82, 2.24) is 20.5 Å². The van der Waals surface area contributed by atoms with E-state index in [-0.39, 0.29) is 22.3 Å². The fraction of sp³-hybridized carbons (Fsp3) is 0.211. The summed E-state index contributed by atoms with van der Waals surface area (Å²) in [5.74, 6) is 0.399. The summed E-state index contributed by atoms with van der Waals surface area (Å²) < 4.78 is 6.45. The minimum absolute atomic E-state index is 0.0614. The van der Waals surface area contributed by atoms with Crippen LogP contribution in [0, 0.1) is 4.77 Å². The van der Waals surface area contributed by atoms with Crippen molar-refractivity contribution in [3.63, 3.8) is 0 Å². The Morgan fingerprint density at radius 3 is 2.86 bits per heavy atom. The molecule has 4 rings (SSSR count). The molecule has 1 aliphatic rings. The van der Waals surface area contributed by atoms with Gasteiger partial charge in [0.2, 0.25) is 0 Å². The first kappa shape index (κ1) is 18.4. The maximum atomic E-state index is 12.7. The smallest absolute Gasteiger partial charge is 0.281 e. The van der Waals surface area contributed by atoms with Crippen molar-refractivity contribution in [3.05, 3.63) is 69.2 Å². The second kappa shape index (κ2) is 7.55. The molecule has 28 heavy (non-hydrogen) atoms. The number of aromatic nitrogens is 2. The van der Waals surface area contributed by atoms with Gasteiger partial charge < -0.3 is 9.72 Å². The van der Waals surface area contributed by atoms with Crippen LogP contribution >= 0.6 is 12.2 Å². The van der Waals surface area contributed by atoms with E-state index in [1.54, 1.807) is 25.3 Å². The van der Waals surface area contributed by atoms with Crippen LogP contribution in [0.4, 0.5) is 0 Å². The Kier molecular flexibility index (Phi) is 4.95. The maximum Gasteiger partial charge on any atom is 0.281 e. The van der Waals surface area contributed by atoms with Gasteiger partial charge in [-0.2, -0.15) is 4.68 Å². The number of ether oxygens (including phenoxy) is 1. The lowest BCUT2D eigenvalue weighted by Crippen LogP contribution is -2.45. The van der Waals surface area contributed by atoms with Gasteiger partial charge in [0.1, 0.15) is 11.8 Å². The highest BCUT2D eigenvalue weighted by Crippen LogP contribution is 2.25. The van der Waals surface area contributed by atoms with Gasteiger partial charge in [-0.1, -0.05) is 24.3 Å². The summed E-state index contributed by atoms with van der Waals surface area (Å²) >= 11 is 5.23. The Bertz CT molecular complexity index is 1160. The van der Waals surface area contributed by atoms with Crippen LogP contribution in [-0.4, -0.2) is 28.7 Å². The third-order valence-corrected chi connectivity index (χ3v) is 5.03. The molecular formula is C19H19N5O3S. The molecule has 1 aliphatic heterocycles. The summed E-state index contributed by atoms with van der Waals surface area (Å²) in [5, 5.41) is 0.447. The molecule has 0 aliphatic carbocycles. The number of hydrogen-bond donors (Lipinski definition) is 4. The number of H-pyrrole nitrogens is 1. The number of nitrogens with one attached hydrogen (secondary N) is 4. The summed E-state index contributed by atoms with van der Waals surface area (Å²) in [5.41, 5.74) is 9.95. The molecule has 0 spiro atoms. The van der Waals surface area contributed by atoms with Crippen molar-refractivity contribution >= 4 is 29.0 Å². The van der Waals surface area contributed by atoms with Crippen LogP contribution in [0.5, 0.6) is 5.75 Å². The molecule has 4 N–H and O–H groups in total. The number of methoxy groups -OCH3 is 1. The number of rotatable bonds is 4. The molecule has 3 aromatic rings. The first-order valence-corrected chi connectivity index (χ1v) is 9.17. The molecule has 2 atom stereocenters. The van der Waals surface area contributed by atoms with Crippen LogP contribution in [0.3, 0.4) is 0 Å². The van der Waals surface area contributed by atoms with E-state index in [1.165, 1.54) is 0 Å². The van der Waals surface area contributed by atoms with Gasteiger partial charge in [-0.25, -0.2) is 10.9 Å². The summed E-state index contributed by atoms with van der Waals surface area (Å²) in [6, 6.07) is 14.1. The number of hydrazine groups is 1. The highest BCUT2D eigenvalue weighted by molar-refractivity contribution is 7.71. The second-order valence-corrected chi connectivity index (χ2v) is 6.89. The third kappa shape index (κ3) is 3.42. The van der Waals surface area contributed by atoms with E-state index in [0.717, 1.165) is 16.0 Å². The van der Waals surface area contributed by atoms with Crippen LogP contribution in [0.2, 0.25) is 0 Å². The van der Waals surface area contributed by atoms with Gasteiger partial charge in [-0.05, 0) is 48.5 Å². The fourth-order valence-corrected chi connectivity index (χ4v) is 3.50. The first-order chi connectivity index (χ1) is 13.6. The van der Waals surface area contributed by atoms with Gasteiger partial charge in [0.15, 0.2) is 4.77 Å². The lowest BCUT2D eigenvalue weighted by atomic mass is 10.0. The van der Waals surface area contributed by atoms with E-state index in [1.807, 2.05) is 30.3 Å². The molecule has 1 aromatic heterocycles. The molecule has 144 valence electrons. The topological polar surface area (TPSA) is 100 Å². The molecule has 1 fully saturated rings. The van der Waals surface area contributed by atoms with Crippen molar-refractivity contribution in [3.8, 4) is 5.75 Å². The molecule has 8 nitrogen and oxygen atoms in total. The molecular weight excluding hydrogens is 378 g/mol. The minimum Gasteiger partial charge on any atom is -0.497 e. The van der Waals surface area contributed by atoms with Crippen LogP contribution in [-0.2, 0) is 4.79 Å². The van der Waals surface area contributed by atoms with Crippen molar-refractivity contribution in [1.29, 1.82) is 0 Å². The quantitative estimate of drug-likeness (QED) is 0.501. The highest BCUT2D eigenvalue weighted by Gasteiger charge is 2.30. The lowest BCUT2D eigenvalue weighted by Gasteiger charge is -2.13. The lowest BCUT2D eigenvalue weighted by molar-refractivity contribution is -0.118. The molecule has 0 saturated carbocycles. The van der Waals surface area contributed by atoms with Gasteiger partial charge in [0.05, 0.1) is 18.0 Å². The zero-order valence-electron chi connectivity index (χ0n) is 15.1. The Labute approximate surface area is 165 Å². The van der Waals surface area contributed by atoms with Gasteiger partial charge in [0, 0.05) is 6.04 Å². The number of hydrogen-bond acceptors (Lipinski definition) is 6. The van der Waals surface area contributed by atoms with E-state index >= 15 is 0 Å². The number of amides is 1. The highest BCUT2D eigenvalue weighted by atomic mass is 32.1. The largest absolute Gasteiger partial charge is 0.497 e. The van der Waals surface area contributed by atoms with E-state index in [9.17, 15) is 9.59 Å². The van der Waals surface area contributed by atoms with Crippen LogP contribution < -0.4 is 26.6 Å². The Morgan fingerprint density at radius 2 is 2.04 bits per heavy atom. The molecule has 9 heteroatoms. The number of carbonyl (C=O) groups is 1. The van der Waals surface area contributed by atoms with Crippen molar-refractivity contribution < 1.29 is 9.53 Å². The monoisotopic (exact) mass is 397 g/mol. The zero-order chi connectivity index (χ0) is 19.7. The summed E-state index contributed by atoms with van der Waals surface area (Å²) in [6.07, 6.45) is 0.512. The average Bonchev–Trinajstić information content (AvgIpc) is 3.21. The van der Waals surface area contributed by atoms with Gasteiger partial charge in [-0.3, -0.25) is 15.0 Å². The summed E-state index contributed by atoms with van der Waals surface area (Å²) in [4.78, 5) is 28.3. The van der Waals surface area contributed by atoms with Crippen molar-refractivity contribution in [2.45, 2.75) is 18.5 Å². The molecule has 1 saturated heterocycles. The Hall–Kier alpha value is -3.01. The molecule has 0 bridgehead atoms. The van der Waals surface area contributed by atoms with E-state index in [4.69, 9.17) is 17.0 Å². The van der Waals surface area contributed by atoms with E-state index < -0.39 is 6.04 Å². The zero-order valence-corrected chi connectivity index (χ0v) is 15.9. The van der Waals surface area contributed by atoms with E-state index in [2.05, 4.69) is 21.3 Å². The second-order valence-electron chi connectivity index (χ2n) is 6.50. The van der Waals surface area contributed by atoms with Crippen LogP contribution in [0.1, 0.15) is 18.0 Å². The number of benzene rings is 2. The molecule has 1 amide bonds. The number of fused-ring (bicyclic) bond motifs is 1. The SMILES string of the molecule is COc1cccc(C2CC(C(=O)Nn3c(=S)[nH]c4ccccc4c3=O)NN2)c1. The minimum atomic E-state index is -0.524. The Morgan fingerprint density at radius 1 is 1.21 bits per heavy atom. The number of aromatic amines is 1. The standard InChI is InChI=1S/C19H19N5O3S/c1-27-12-6-4-5-11(9-12)15-10-16(22-21-15)17(25)23-24-18(26)13-7-2-3-8-14(13)20-19(24)28/h2-9,15-16,21-22H,10H2,1H3,(H,20,28)(H,23,25). The maximum absolute atomic E-state index is 12.7. The predicted octanol–water partition coefficient (Wildman–Crippen LogP) is 1.75. The van der Waals surface area contributed by atoms with Crippen LogP contribution in [0.25, 0.3) is 10.9 Å². The van der Waals surface area contributed by atoms with Gasteiger partial charge >= 0.3 is 0 Å². The number of nitrogens with zero attached hydrogens (tertiary/aromatic N) is 1. The fourth-order valence-electron chi connectivity index (χ4n) is 3.26. The van der Waals surface area contributed by atoms with Crippen molar-refractivity contribution in [2.24, 2.45) is 0 Å². The summed E-state index contributed by atoms with van der Waals surface area (Å²) in [7, 11) is 1.61. The van der Waals surface area contributed by atoms with Crippen LogP contribution in [0.15, 0.2) is 53.3 Å². The van der Waals surface area contributed by atoms with Gasteiger partial charge in [-0.15, -0.1) is 0 Å². The number of para-hydroxylation sites is 1.